The van der Waals surface area contributed by atoms with Gasteiger partial charge in [-0.3, -0.25) is 14.5 Å². The van der Waals surface area contributed by atoms with Crippen molar-refractivity contribution in [3.8, 4) is 11.5 Å². The lowest BCUT2D eigenvalue weighted by atomic mass is 10.00. The number of nitrogens with one attached hydrogen (secondary N) is 1. The van der Waals surface area contributed by atoms with Crippen LogP contribution in [-0.4, -0.2) is 46.6 Å². The van der Waals surface area contributed by atoms with Crippen LogP contribution in [0.25, 0.3) is 11.0 Å². The number of hydrogen-bond acceptors (Lipinski definition) is 6. The fourth-order valence-corrected chi connectivity index (χ4v) is 4.17. The zero-order valence-electron chi connectivity index (χ0n) is 21.9. The van der Waals surface area contributed by atoms with E-state index in [1.807, 2.05) is 32.9 Å². The number of nitrogens with zero attached hydrogens (tertiary/aromatic N) is 4. The molecule has 0 bridgehead atoms. The van der Waals surface area contributed by atoms with E-state index in [-0.39, 0.29) is 23.5 Å². The summed E-state index contributed by atoms with van der Waals surface area (Å²) in [4.78, 5) is 29.2. The number of para-hydroxylation sites is 1. The van der Waals surface area contributed by atoms with Crippen molar-refractivity contribution in [3.05, 3.63) is 78.1 Å². The van der Waals surface area contributed by atoms with Crippen LogP contribution in [0.1, 0.15) is 32.4 Å². The topological polar surface area (TPSA) is 98.6 Å². The summed E-state index contributed by atoms with van der Waals surface area (Å²) in [5.74, 6) is -0.954. The Morgan fingerprint density at radius 1 is 1.03 bits per heavy atom. The number of ether oxygens (including phenoxy) is 2. The Hall–Kier alpha value is -4.47. The smallest absolute Gasteiger partial charge is 0.249 e. The molecule has 0 fully saturated rings. The van der Waals surface area contributed by atoms with Crippen LogP contribution in [0.5, 0.6) is 11.5 Å². The highest BCUT2D eigenvalue weighted by Gasteiger charge is 2.37. The Morgan fingerprint density at radius 3 is 2.42 bits per heavy atom. The van der Waals surface area contributed by atoms with Gasteiger partial charge in [-0.2, -0.15) is 0 Å². The molecule has 9 nitrogen and oxygen atoms in total. The first-order valence-electron chi connectivity index (χ1n) is 12.0. The maximum Gasteiger partial charge on any atom is 0.249 e. The number of carbonyl (C=O) groups excluding carboxylic acids is 2. The fourth-order valence-electron chi connectivity index (χ4n) is 4.17. The van der Waals surface area contributed by atoms with E-state index in [0.717, 1.165) is 0 Å². The Kier molecular flexibility index (Phi) is 7.61. The number of rotatable bonds is 8. The van der Waals surface area contributed by atoms with E-state index >= 15 is 4.39 Å². The summed E-state index contributed by atoms with van der Waals surface area (Å²) in [7, 11) is 2.95. The monoisotopic (exact) mass is 519 g/mol. The Bertz CT molecular complexity index is 1460. The van der Waals surface area contributed by atoms with Gasteiger partial charge in [0, 0.05) is 17.2 Å². The largest absolute Gasteiger partial charge is 0.497 e. The number of halogens is 1. The van der Waals surface area contributed by atoms with Gasteiger partial charge >= 0.3 is 0 Å². The summed E-state index contributed by atoms with van der Waals surface area (Å²) in [6.45, 7) is 5.17. The lowest BCUT2D eigenvalue weighted by molar-refractivity contribution is -0.128. The molecule has 0 spiro atoms. The first kappa shape index (κ1) is 26.6. The van der Waals surface area contributed by atoms with Crippen LogP contribution in [0, 0.1) is 5.82 Å². The molecule has 0 saturated carbocycles. The molecule has 0 aliphatic carbocycles. The Morgan fingerprint density at radius 2 is 1.74 bits per heavy atom. The standard InChI is InChI=1S/C28H30FN5O4/c1-28(2,3)30-27(36)26(19-10-6-7-11-20(19)29)34(23-15-14-18(37-4)16-24(23)38-5)25(35)17-33-22-13-9-8-12-21(22)31-32-33/h6-16,26H,17H2,1-5H3,(H,30,36)/t26-/m0/s1. The molecule has 0 unspecified atom stereocenters. The molecule has 4 rings (SSSR count). The third kappa shape index (κ3) is 5.59. The molecule has 4 aromatic rings. The molecule has 0 aliphatic rings. The maximum atomic E-state index is 15.3. The molecular weight excluding hydrogens is 489 g/mol. The molecule has 0 saturated heterocycles. The van der Waals surface area contributed by atoms with Gasteiger partial charge in [-0.1, -0.05) is 35.5 Å². The normalized spacial score (nSPS) is 12.2. The highest BCUT2D eigenvalue weighted by molar-refractivity contribution is 6.02. The van der Waals surface area contributed by atoms with Gasteiger partial charge in [0.05, 0.1) is 25.4 Å². The number of carbonyl (C=O) groups is 2. The van der Waals surface area contributed by atoms with Crippen LogP contribution in [0.4, 0.5) is 10.1 Å². The SMILES string of the molecule is COc1ccc(N(C(=O)Cn2nnc3ccccc32)[C@H](C(=O)NC(C)(C)C)c2ccccc2F)c(OC)c1. The zero-order chi connectivity index (χ0) is 27.4. The number of anilines is 1. The summed E-state index contributed by atoms with van der Waals surface area (Å²) in [6, 6.07) is 16.6. The maximum absolute atomic E-state index is 15.3. The predicted octanol–water partition coefficient (Wildman–Crippen LogP) is 4.28. The quantitative estimate of drug-likeness (QED) is 0.373. The van der Waals surface area contributed by atoms with Gasteiger partial charge in [-0.05, 0) is 51.1 Å². The molecule has 0 radical (unpaired) electrons. The van der Waals surface area contributed by atoms with Crippen molar-refractivity contribution in [3.63, 3.8) is 0 Å². The second kappa shape index (κ2) is 10.9. The number of benzene rings is 3. The molecule has 1 aromatic heterocycles. The molecule has 3 aromatic carbocycles. The average Bonchev–Trinajstić information content (AvgIpc) is 3.29. The minimum absolute atomic E-state index is 0.0314. The average molecular weight is 520 g/mol. The lowest BCUT2D eigenvalue weighted by Crippen LogP contribution is -2.50. The van der Waals surface area contributed by atoms with Crippen molar-refractivity contribution in [2.24, 2.45) is 0 Å². The molecule has 198 valence electrons. The lowest BCUT2D eigenvalue weighted by Gasteiger charge is -2.34. The number of amides is 2. The zero-order valence-corrected chi connectivity index (χ0v) is 21.9. The molecule has 1 heterocycles. The molecule has 1 atom stereocenters. The highest BCUT2D eigenvalue weighted by Crippen LogP contribution is 2.38. The Balaban J connectivity index is 1.90. The van der Waals surface area contributed by atoms with Crippen molar-refractivity contribution >= 4 is 28.5 Å². The van der Waals surface area contributed by atoms with Gasteiger partial charge in [-0.25, -0.2) is 9.07 Å². The summed E-state index contributed by atoms with van der Waals surface area (Å²) in [5, 5.41) is 11.1. The van der Waals surface area contributed by atoms with Crippen LogP contribution < -0.4 is 19.7 Å². The van der Waals surface area contributed by atoms with Gasteiger partial charge in [0.25, 0.3) is 0 Å². The van der Waals surface area contributed by atoms with Crippen LogP contribution >= 0.6 is 0 Å². The molecule has 2 amide bonds. The van der Waals surface area contributed by atoms with Crippen LogP contribution in [0.2, 0.25) is 0 Å². The summed E-state index contributed by atoms with van der Waals surface area (Å²) >= 11 is 0. The summed E-state index contributed by atoms with van der Waals surface area (Å²) in [5.41, 5.74) is 0.902. The first-order chi connectivity index (χ1) is 18.1. The van der Waals surface area contributed by atoms with Crippen molar-refractivity contribution in [1.29, 1.82) is 0 Å². The molecule has 0 aliphatic heterocycles. The molecule has 10 heteroatoms. The molecule has 1 N–H and O–H groups in total. The van der Waals surface area contributed by atoms with E-state index in [1.165, 1.54) is 42.0 Å². The summed E-state index contributed by atoms with van der Waals surface area (Å²) in [6.07, 6.45) is 0. The third-order valence-electron chi connectivity index (χ3n) is 5.82. The molecule has 38 heavy (non-hydrogen) atoms. The van der Waals surface area contributed by atoms with Crippen molar-refractivity contribution < 1.29 is 23.5 Å². The van der Waals surface area contributed by atoms with Crippen molar-refractivity contribution in [1.82, 2.24) is 20.3 Å². The number of fused-ring (bicyclic) bond motifs is 1. The van der Waals surface area contributed by atoms with Crippen LogP contribution in [-0.2, 0) is 16.1 Å². The highest BCUT2D eigenvalue weighted by atomic mass is 19.1. The van der Waals surface area contributed by atoms with Crippen LogP contribution in [0.15, 0.2) is 66.7 Å². The number of aromatic nitrogens is 3. The van der Waals surface area contributed by atoms with Crippen molar-refractivity contribution in [2.45, 2.75) is 38.9 Å². The second-order valence-electron chi connectivity index (χ2n) is 9.70. The third-order valence-corrected chi connectivity index (χ3v) is 5.82. The minimum Gasteiger partial charge on any atom is -0.497 e. The minimum atomic E-state index is -1.36. The van der Waals surface area contributed by atoms with Gasteiger partial charge in [0.2, 0.25) is 11.8 Å². The first-order valence-corrected chi connectivity index (χ1v) is 12.0. The van der Waals surface area contributed by atoms with Crippen LogP contribution in [0.3, 0.4) is 0 Å². The number of hydrogen-bond donors (Lipinski definition) is 1. The van der Waals surface area contributed by atoms with Gasteiger partial charge in [-0.15, -0.1) is 5.10 Å². The second-order valence-corrected chi connectivity index (χ2v) is 9.70. The van der Waals surface area contributed by atoms with E-state index in [9.17, 15) is 9.59 Å². The molecular formula is C28H30FN5O4. The van der Waals surface area contributed by atoms with Gasteiger partial charge in [0.1, 0.15) is 35.4 Å². The fraction of sp³-hybridized carbons (Fsp3) is 0.286. The number of methoxy groups -OCH3 is 2. The Labute approximate surface area is 220 Å². The predicted molar refractivity (Wildman–Crippen MR) is 142 cm³/mol. The summed E-state index contributed by atoms with van der Waals surface area (Å²) < 4.78 is 27.6. The van der Waals surface area contributed by atoms with Gasteiger partial charge in [0.15, 0.2) is 0 Å². The van der Waals surface area contributed by atoms with E-state index in [0.29, 0.717) is 16.8 Å². The van der Waals surface area contributed by atoms with E-state index < -0.39 is 29.2 Å². The van der Waals surface area contributed by atoms with Crippen molar-refractivity contribution in [2.75, 3.05) is 19.1 Å². The van der Waals surface area contributed by atoms with E-state index in [4.69, 9.17) is 9.47 Å². The van der Waals surface area contributed by atoms with Gasteiger partial charge < -0.3 is 14.8 Å². The van der Waals surface area contributed by atoms with E-state index in [2.05, 4.69) is 15.6 Å². The van der Waals surface area contributed by atoms with E-state index in [1.54, 1.807) is 36.4 Å².